The van der Waals surface area contributed by atoms with Crippen LogP contribution in [-0.2, 0) is 20.2 Å². The highest BCUT2D eigenvalue weighted by Gasteiger charge is 2.02. The molecule has 24 heavy (non-hydrogen) atoms. The van der Waals surface area contributed by atoms with Crippen LogP contribution < -0.4 is 5.73 Å². The second-order valence-electron chi connectivity index (χ2n) is 4.46. The molecule has 0 radical (unpaired) electrons. The van der Waals surface area contributed by atoms with Crippen LogP contribution in [0.4, 0.5) is 5.82 Å². The van der Waals surface area contributed by atoms with Crippen molar-refractivity contribution in [3.8, 4) is 11.4 Å². The van der Waals surface area contributed by atoms with E-state index in [0.29, 0.717) is 24.2 Å². The molecule has 2 heterocycles. The first-order valence-electron chi connectivity index (χ1n) is 6.12. The molecule has 0 aliphatic rings. The highest BCUT2D eigenvalue weighted by atomic mass is 32.2. The van der Waals surface area contributed by atoms with Crippen LogP contribution in [0.2, 0.25) is 0 Å². The van der Waals surface area contributed by atoms with Crippen molar-refractivity contribution >= 4 is 26.1 Å². The molecule has 4 N–H and O–H groups in total. The predicted octanol–water partition coefficient (Wildman–Crippen LogP) is 0.437. The molecular weight excluding hydrogens is 360 g/mol. The van der Waals surface area contributed by atoms with Crippen LogP contribution in [-0.4, -0.2) is 53.4 Å². The highest BCUT2D eigenvalue weighted by molar-refractivity contribution is 7.85. The Hall–Kier alpha value is -2.15. The van der Waals surface area contributed by atoms with Crippen molar-refractivity contribution in [1.82, 2.24) is 15.0 Å². The third kappa shape index (κ3) is 13.5. The maximum absolute atomic E-state index is 9.19. The van der Waals surface area contributed by atoms with Gasteiger partial charge >= 0.3 is 0 Å². The van der Waals surface area contributed by atoms with Crippen molar-refractivity contribution in [2.24, 2.45) is 0 Å². The average Bonchev–Trinajstić information content (AvgIpc) is 2.39. The zero-order valence-corrected chi connectivity index (χ0v) is 14.8. The van der Waals surface area contributed by atoms with E-state index < -0.39 is 20.2 Å². The zero-order chi connectivity index (χ0) is 19.0. The minimum absolute atomic E-state index is 0.520. The molecule has 0 aliphatic carbocycles. The summed E-state index contributed by atoms with van der Waals surface area (Å²) in [5, 5.41) is 0. The molecule has 0 spiro atoms. The van der Waals surface area contributed by atoms with Crippen LogP contribution in [0.25, 0.3) is 11.4 Å². The molecule has 0 aliphatic heterocycles. The van der Waals surface area contributed by atoms with Gasteiger partial charge in [0, 0.05) is 29.7 Å². The molecule has 0 bridgehead atoms. The number of aryl methyl sites for hydroxylation is 1. The van der Waals surface area contributed by atoms with Crippen LogP contribution in [0.15, 0.2) is 30.7 Å². The molecule has 0 atom stereocenters. The van der Waals surface area contributed by atoms with Crippen molar-refractivity contribution in [3.63, 3.8) is 0 Å². The fourth-order valence-corrected chi connectivity index (χ4v) is 1.10. The van der Waals surface area contributed by atoms with E-state index in [4.69, 9.17) is 14.8 Å². The Labute approximate surface area is 140 Å². The molecule has 134 valence electrons. The maximum atomic E-state index is 9.19. The highest BCUT2D eigenvalue weighted by Crippen LogP contribution is 2.15. The van der Waals surface area contributed by atoms with Crippen LogP contribution in [0.3, 0.4) is 0 Å². The summed E-state index contributed by atoms with van der Waals surface area (Å²) in [4.78, 5) is 12.3. The lowest BCUT2D eigenvalue weighted by Crippen LogP contribution is -1.98. The molecule has 2 rings (SSSR count). The average molecular weight is 378 g/mol. The van der Waals surface area contributed by atoms with Gasteiger partial charge < -0.3 is 5.73 Å². The van der Waals surface area contributed by atoms with Gasteiger partial charge in [-0.05, 0) is 19.1 Å². The van der Waals surface area contributed by atoms with E-state index in [0.717, 1.165) is 11.1 Å². The predicted molar refractivity (Wildman–Crippen MR) is 89.4 cm³/mol. The van der Waals surface area contributed by atoms with E-state index in [2.05, 4.69) is 15.0 Å². The minimum atomic E-state index is -3.67. The molecule has 0 fully saturated rings. The van der Waals surface area contributed by atoms with Gasteiger partial charge in [0.1, 0.15) is 5.82 Å². The van der Waals surface area contributed by atoms with Gasteiger partial charge in [0.25, 0.3) is 20.2 Å². The number of nitrogen functional groups attached to an aromatic ring is 1. The molecule has 2 aromatic heterocycles. The first-order chi connectivity index (χ1) is 10.8. The lowest BCUT2D eigenvalue weighted by molar-refractivity contribution is 0.488. The topological polar surface area (TPSA) is 173 Å². The van der Waals surface area contributed by atoms with Crippen molar-refractivity contribution in [2.75, 3.05) is 18.2 Å². The summed E-state index contributed by atoms with van der Waals surface area (Å²) in [6, 6.07) is 3.70. The third-order valence-electron chi connectivity index (χ3n) is 1.95. The Morgan fingerprint density at radius 1 is 1.00 bits per heavy atom. The van der Waals surface area contributed by atoms with Gasteiger partial charge in [-0.3, -0.25) is 14.1 Å². The van der Waals surface area contributed by atoms with Crippen LogP contribution in [0.5, 0.6) is 0 Å². The van der Waals surface area contributed by atoms with Crippen molar-refractivity contribution < 1.29 is 25.9 Å². The van der Waals surface area contributed by atoms with Gasteiger partial charge in [-0.2, -0.15) is 16.8 Å². The van der Waals surface area contributed by atoms with Gasteiger partial charge in [-0.1, -0.05) is 0 Å². The summed E-state index contributed by atoms with van der Waals surface area (Å²) in [7, 11) is -7.33. The number of hydrogen-bond acceptors (Lipinski definition) is 8. The second-order valence-corrected chi connectivity index (χ2v) is 7.40. The van der Waals surface area contributed by atoms with E-state index in [-0.39, 0.29) is 0 Å². The SMILES string of the molecule is CS(=O)(=O)O.CS(=O)(=O)O.Cc1cnc(-c2ccncc2)nc1N. The quantitative estimate of drug-likeness (QED) is 0.590. The summed E-state index contributed by atoms with van der Waals surface area (Å²) >= 11 is 0. The number of rotatable bonds is 1. The van der Waals surface area contributed by atoms with Gasteiger partial charge in [-0.15, -0.1) is 0 Å². The van der Waals surface area contributed by atoms with Gasteiger partial charge in [0.2, 0.25) is 0 Å². The Kier molecular flexibility index (Phi) is 8.39. The number of anilines is 1. The summed E-state index contributed by atoms with van der Waals surface area (Å²) < 4.78 is 51.7. The molecule has 0 saturated heterocycles. The number of nitrogens with zero attached hydrogens (tertiary/aromatic N) is 3. The fraction of sp³-hybridized carbons (Fsp3) is 0.250. The zero-order valence-electron chi connectivity index (χ0n) is 13.1. The largest absolute Gasteiger partial charge is 0.383 e. The van der Waals surface area contributed by atoms with E-state index >= 15 is 0 Å². The van der Waals surface area contributed by atoms with Crippen molar-refractivity contribution in [1.29, 1.82) is 0 Å². The summed E-state index contributed by atoms with van der Waals surface area (Å²) in [5.74, 6) is 1.15. The Morgan fingerprint density at radius 2 is 1.42 bits per heavy atom. The first kappa shape index (κ1) is 21.9. The smallest absolute Gasteiger partial charge is 0.261 e. The Morgan fingerprint density at radius 3 is 1.79 bits per heavy atom. The molecular formula is C12H18N4O6S2. The number of hydrogen-bond donors (Lipinski definition) is 3. The van der Waals surface area contributed by atoms with Crippen LogP contribution in [0, 0.1) is 6.92 Å². The van der Waals surface area contributed by atoms with Crippen molar-refractivity contribution in [3.05, 3.63) is 36.3 Å². The van der Waals surface area contributed by atoms with Crippen molar-refractivity contribution in [2.45, 2.75) is 6.92 Å². The molecule has 12 heteroatoms. The lowest BCUT2D eigenvalue weighted by atomic mass is 10.2. The minimum Gasteiger partial charge on any atom is -0.383 e. The Bertz CT molecular complexity index is 808. The second kappa shape index (κ2) is 9.22. The first-order valence-corrected chi connectivity index (χ1v) is 9.81. The normalized spacial score (nSPS) is 10.7. The van der Waals surface area contributed by atoms with E-state index in [1.807, 2.05) is 19.1 Å². The molecule has 10 nitrogen and oxygen atoms in total. The monoisotopic (exact) mass is 378 g/mol. The number of aromatic nitrogens is 3. The fourth-order valence-electron chi connectivity index (χ4n) is 1.10. The van der Waals surface area contributed by atoms with Crippen LogP contribution >= 0.6 is 0 Å². The van der Waals surface area contributed by atoms with E-state index in [1.54, 1.807) is 18.6 Å². The molecule has 2 aromatic rings. The standard InChI is InChI=1S/C10H10N4.2CH4O3S/c1-7-6-13-10(14-9(7)11)8-2-4-12-5-3-8;2*1-5(2,3)4/h2-6H,1H3,(H2,11,13,14);2*1H3,(H,2,3,4). The van der Waals surface area contributed by atoms with Gasteiger partial charge in [-0.25, -0.2) is 9.97 Å². The maximum Gasteiger partial charge on any atom is 0.261 e. The number of pyridine rings is 1. The van der Waals surface area contributed by atoms with E-state index in [9.17, 15) is 16.8 Å². The van der Waals surface area contributed by atoms with E-state index in [1.165, 1.54) is 0 Å². The lowest BCUT2D eigenvalue weighted by Gasteiger charge is -2.02. The summed E-state index contributed by atoms with van der Waals surface area (Å²) in [6.07, 6.45) is 6.56. The Balaban J connectivity index is 0.000000442. The molecule has 0 unspecified atom stereocenters. The third-order valence-corrected chi connectivity index (χ3v) is 1.95. The summed E-state index contributed by atoms with van der Waals surface area (Å²) in [6.45, 7) is 1.88. The number of nitrogens with two attached hydrogens (primary N) is 1. The molecule has 0 saturated carbocycles. The molecule has 0 amide bonds. The van der Waals surface area contributed by atoms with Crippen LogP contribution in [0.1, 0.15) is 5.56 Å². The van der Waals surface area contributed by atoms with Gasteiger partial charge in [0.15, 0.2) is 5.82 Å². The molecule has 0 aromatic carbocycles. The summed E-state index contributed by atoms with van der Waals surface area (Å²) in [5.41, 5.74) is 7.51. The van der Waals surface area contributed by atoms with Gasteiger partial charge in [0.05, 0.1) is 12.5 Å².